The first kappa shape index (κ1) is 16.2. The lowest BCUT2D eigenvalue weighted by Gasteiger charge is -2.33. The average molecular weight is 352 g/mol. The molecule has 2 aliphatic rings. The van der Waals surface area contributed by atoms with E-state index in [0.717, 1.165) is 29.1 Å². The Bertz CT molecular complexity index is 849. The summed E-state index contributed by atoms with van der Waals surface area (Å²) < 4.78 is 0. The molecule has 2 aromatic rings. The maximum Gasteiger partial charge on any atom is 0.247 e. The van der Waals surface area contributed by atoms with Gasteiger partial charge in [0.15, 0.2) is 0 Å². The van der Waals surface area contributed by atoms with E-state index in [-0.39, 0.29) is 18.4 Å². The van der Waals surface area contributed by atoms with Crippen molar-refractivity contribution in [2.45, 2.75) is 24.7 Å². The number of thioether (sulfide) groups is 1. The molecule has 2 aromatic carbocycles. The molecular formula is C20H20N2O2S. The van der Waals surface area contributed by atoms with E-state index < -0.39 is 0 Å². The number of hydrogen-bond donors (Lipinski definition) is 0. The standard InChI is InChI=1S/C20H20N2O2S/c1-14-8-9-16-15(11-14)5-4-10-21(16)19(23)12-22-17-6-2-3-7-18(17)25-13-20(22)24/h2-3,6-9,11H,4-5,10,12-13H2,1H3. The van der Waals surface area contributed by atoms with Gasteiger partial charge in [-0.1, -0.05) is 29.8 Å². The number of rotatable bonds is 2. The van der Waals surface area contributed by atoms with E-state index in [9.17, 15) is 9.59 Å². The Hall–Kier alpha value is -2.27. The van der Waals surface area contributed by atoms with E-state index in [2.05, 4.69) is 13.0 Å². The quantitative estimate of drug-likeness (QED) is 0.832. The molecule has 0 aromatic heterocycles. The molecule has 128 valence electrons. The van der Waals surface area contributed by atoms with E-state index in [1.165, 1.54) is 22.9 Å². The summed E-state index contributed by atoms with van der Waals surface area (Å²) in [7, 11) is 0. The van der Waals surface area contributed by atoms with Gasteiger partial charge in [-0.25, -0.2) is 0 Å². The number of carbonyl (C=O) groups is 2. The van der Waals surface area contributed by atoms with Crippen LogP contribution in [-0.2, 0) is 16.0 Å². The molecule has 5 heteroatoms. The highest BCUT2D eigenvalue weighted by atomic mass is 32.2. The minimum atomic E-state index is -0.0140. The fourth-order valence-corrected chi connectivity index (χ4v) is 4.47. The van der Waals surface area contributed by atoms with Gasteiger partial charge in [-0.3, -0.25) is 9.59 Å². The molecule has 0 unspecified atom stereocenters. The molecule has 0 saturated heterocycles. The lowest BCUT2D eigenvalue weighted by Crippen LogP contribution is -2.46. The summed E-state index contributed by atoms with van der Waals surface area (Å²) in [6.07, 6.45) is 1.96. The van der Waals surface area contributed by atoms with Crippen molar-refractivity contribution in [1.82, 2.24) is 0 Å². The van der Waals surface area contributed by atoms with Crippen LogP contribution in [0.2, 0.25) is 0 Å². The molecule has 4 rings (SSSR count). The maximum absolute atomic E-state index is 13.0. The third-order valence-electron chi connectivity index (χ3n) is 4.76. The number of fused-ring (bicyclic) bond motifs is 2. The second-order valence-electron chi connectivity index (χ2n) is 6.52. The third-order valence-corrected chi connectivity index (χ3v) is 5.80. The first-order valence-corrected chi connectivity index (χ1v) is 9.54. The van der Waals surface area contributed by atoms with Crippen LogP contribution in [0.1, 0.15) is 17.5 Å². The Morgan fingerprint density at radius 2 is 2.00 bits per heavy atom. The van der Waals surface area contributed by atoms with Gasteiger partial charge >= 0.3 is 0 Å². The van der Waals surface area contributed by atoms with Gasteiger partial charge in [0, 0.05) is 17.1 Å². The number of aryl methyl sites for hydroxylation is 2. The summed E-state index contributed by atoms with van der Waals surface area (Å²) in [6.45, 7) is 2.89. The number of benzene rings is 2. The monoisotopic (exact) mass is 352 g/mol. The van der Waals surface area contributed by atoms with Gasteiger partial charge < -0.3 is 9.80 Å². The van der Waals surface area contributed by atoms with Gasteiger partial charge in [0.25, 0.3) is 0 Å². The lowest BCUT2D eigenvalue weighted by atomic mass is 9.99. The van der Waals surface area contributed by atoms with E-state index in [0.29, 0.717) is 12.3 Å². The number of amides is 2. The fourth-order valence-electron chi connectivity index (χ4n) is 3.53. The first-order valence-electron chi connectivity index (χ1n) is 8.55. The van der Waals surface area contributed by atoms with Crippen molar-refractivity contribution in [3.8, 4) is 0 Å². The Labute approximate surface area is 151 Å². The summed E-state index contributed by atoms with van der Waals surface area (Å²) in [5.74, 6) is 0.373. The van der Waals surface area contributed by atoms with Gasteiger partial charge in [0.2, 0.25) is 11.8 Å². The fraction of sp³-hybridized carbons (Fsp3) is 0.300. The molecule has 0 radical (unpaired) electrons. The second kappa shape index (κ2) is 6.56. The molecule has 0 atom stereocenters. The van der Waals surface area contributed by atoms with Crippen LogP contribution < -0.4 is 9.80 Å². The van der Waals surface area contributed by atoms with Gasteiger partial charge in [0.1, 0.15) is 6.54 Å². The molecule has 25 heavy (non-hydrogen) atoms. The molecule has 0 spiro atoms. The zero-order valence-corrected chi connectivity index (χ0v) is 15.0. The van der Waals surface area contributed by atoms with Crippen molar-refractivity contribution in [2.75, 3.05) is 28.6 Å². The minimum absolute atomic E-state index is 0.00168. The summed E-state index contributed by atoms with van der Waals surface area (Å²) in [5, 5.41) is 0. The second-order valence-corrected chi connectivity index (χ2v) is 7.53. The van der Waals surface area contributed by atoms with Gasteiger partial charge in [-0.05, 0) is 43.5 Å². The lowest BCUT2D eigenvalue weighted by molar-refractivity contribution is -0.121. The van der Waals surface area contributed by atoms with E-state index >= 15 is 0 Å². The molecular weight excluding hydrogens is 332 g/mol. The summed E-state index contributed by atoms with van der Waals surface area (Å²) in [4.78, 5) is 29.9. The molecule has 2 heterocycles. The molecule has 0 N–H and O–H groups in total. The van der Waals surface area contributed by atoms with E-state index in [1.54, 1.807) is 4.90 Å². The summed E-state index contributed by atoms with van der Waals surface area (Å²) in [5.41, 5.74) is 4.28. The van der Waals surface area contributed by atoms with Crippen LogP contribution in [0.5, 0.6) is 0 Å². The number of para-hydroxylation sites is 1. The number of anilines is 2. The van der Waals surface area contributed by atoms with Crippen molar-refractivity contribution in [3.05, 3.63) is 53.6 Å². The summed E-state index contributed by atoms with van der Waals surface area (Å²) in [6, 6.07) is 14.0. The highest BCUT2D eigenvalue weighted by Gasteiger charge is 2.29. The van der Waals surface area contributed by atoms with E-state index in [1.807, 2.05) is 41.3 Å². The zero-order chi connectivity index (χ0) is 17.4. The Morgan fingerprint density at radius 1 is 1.16 bits per heavy atom. The molecule has 0 saturated carbocycles. The average Bonchev–Trinajstić information content (AvgIpc) is 2.63. The topological polar surface area (TPSA) is 40.6 Å². The third kappa shape index (κ3) is 3.04. The molecule has 2 aliphatic heterocycles. The largest absolute Gasteiger partial charge is 0.311 e. The number of hydrogen-bond acceptors (Lipinski definition) is 3. The number of nitrogens with zero attached hydrogens (tertiary/aromatic N) is 2. The SMILES string of the molecule is Cc1ccc2c(c1)CCCN2C(=O)CN1C(=O)CSc2ccccc21. The Kier molecular flexibility index (Phi) is 4.25. The van der Waals surface area contributed by atoms with Gasteiger partial charge in [0.05, 0.1) is 11.4 Å². The zero-order valence-electron chi connectivity index (χ0n) is 14.2. The maximum atomic E-state index is 13.0. The molecule has 2 amide bonds. The Balaban J connectivity index is 1.60. The van der Waals surface area contributed by atoms with Crippen molar-refractivity contribution in [2.24, 2.45) is 0 Å². The van der Waals surface area contributed by atoms with Crippen LogP contribution in [-0.4, -0.2) is 30.7 Å². The van der Waals surface area contributed by atoms with Crippen LogP contribution in [0.25, 0.3) is 0 Å². The highest BCUT2D eigenvalue weighted by Crippen LogP contribution is 2.35. The van der Waals surface area contributed by atoms with Crippen molar-refractivity contribution >= 4 is 35.0 Å². The Morgan fingerprint density at radius 3 is 2.88 bits per heavy atom. The van der Waals surface area contributed by atoms with Crippen LogP contribution in [0, 0.1) is 6.92 Å². The normalized spacial score (nSPS) is 16.4. The van der Waals surface area contributed by atoms with Crippen LogP contribution in [0.15, 0.2) is 47.4 Å². The number of carbonyl (C=O) groups excluding carboxylic acids is 2. The van der Waals surface area contributed by atoms with Crippen LogP contribution in [0.3, 0.4) is 0 Å². The van der Waals surface area contributed by atoms with Crippen molar-refractivity contribution < 1.29 is 9.59 Å². The minimum Gasteiger partial charge on any atom is -0.311 e. The molecule has 0 aliphatic carbocycles. The molecule has 0 fully saturated rings. The summed E-state index contributed by atoms with van der Waals surface area (Å²) >= 11 is 1.54. The van der Waals surface area contributed by atoms with Crippen LogP contribution >= 0.6 is 11.8 Å². The van der Waals surface area contributed by atoms with Crippen molar-refractivity contribution in [1.29, 1.82) is 0 Å². The van der Waals surface area contributed by atoms with E-state index in [4.69, 9.17) is 0 Å². The van der Waals surface area contributed by atoms with Crippen molar-refractivity contribution in [3.63, 3.8) is 0 Å². The van der Waals surface area contributed by atoms with Crippen LogP contribution in [0.4, 0.5) is 11.4 Å². The predicted octanol–water partition coefficient (Wildman–Crippen LogP) is 3.41. The predicted molar refractivity (Wildman–Crippen MR) is 101 cm³/mol. The smallest absolute Gasteiger partial charge is 0.247 e. The molecule has 0 bridgehead atoms. The van der Waals surface area contributed by atoms with Gasteiger partial charge in [-0.2, -0.15) is 0 Å². The van der Waals surface area contributed by atoms with Gasteiger partial charge in [-0.15, -0.1) is 11.8 Å². The molecule has 4 nitrogen and oxygen atoms in total. The first-order chi connectivity index (χ1) is 12.1. The highest BCUT2D eigenvalue weighted by molar-refractivity contribution is 8.00.